The fourth-order valence-corrected chi connectivity index (χ4v) is 24.5. The molecular formula is C23H53AlO3Si2. The van der Waals surface area contributed by atoms with Crippen LogP contribution in [0.15, 0.2) is 0 Å². The first-order chi connectivity index (χ1) is 13.0. The van der Waals surface area contributed by atoms with E-state index in [1.54, 1.807) is 0 Å². The van der Waals surface area contributed by atoms with Crippen LogP contribution in [-0.4, -0.2) is 37.4 Å². The standard InChI is InChI=1S/2C9H21OSi.C5H11O.Al/c2*1-7(2)11(10,8(3)4)9(5)6;1-4-5(2,3)6;/h2*7-9H,1-6H3;4H2,1-3H3;/q3*-1;+3. The molecule has 0 aromatic carbocycles. The maximum absolute atomic E-state index is 7.23. The molecule has 0 heterocycles. The van der Waals surface area contributed by atoms with Crippen LogP contribution < -0.4 is 0 Å². The molecule has 0 aliphatic heterocycles. The lowest BCUT2D eigenvalue weighted by Gasteiger charge is -2.49. The Morgan fingerprint density at radius 1 is 0.586 bits per heavy atom. The molecule has 3 nitrogen and oxygen atoms in total. The van der Waals surface area contributed by atoms with E-state index in [1.165, 1.54) is 0 Å². The SMILES string of the molecule is CCC(C)(C)[O][Al]([O][Si](C(C)C)(C(C)C)C(C)C)[O][Si](C(C)C)(C(C)C)C(C)C. The van der Waals surface area contributed by atoms with Gasteiger partial charge in [-0.1, -0.05) is 90.0 Å². The van der Waals surface area contributed by atoms with E-state index in [4.69, 9.17) is 10.7 Å². The number of hydrogen-bond acceptors (Lipinski definition) is 3. The van der Waals surface area contributed by atoms with Crippen LogP contribution in [0, 0.1) is 0 Å². The Bertz CT molecular complexity index is 399. The van der Waals surface area contributed by atoms with Crippen LogP contribution in [0.25, 0.3) is 0 Å². The van der Waals surface area contributed by atoms with Crippen molar-refractivity contribution in [3.8, 4) is 0 Å². The van der Waals surface area contributed by atoms with Gasteiger partial charge in [0, 0.05) is 5.60 Å². The smallest absolute Gasteiger partial charge is 0.498 e. The van der Waals surface area contributed by atoms with Crippen LogP contribution in [0.5, 0.6) is 0 Å². The highest BCUT2D eigenvalue weighted by Crippen LogP contribution is 2.46. The third-order valence-electron chi connectivity index (χ3n) is 7.28. The van der Waals surface area contributed by atoms with E-state index in [-0.39, 0.29) is 5.60 Å². The van der Waals surface area contributed by atoms with Gasteiger partial charge in [0.25, 0.3) is 0 Å². The lowest BCUT2D eigenvalue weighted by Crippen LogP contribution is -2.59. The van der Waals surface area contributed by atoms with Crippen LogP contribution >= 0.6 is 0 Å². The summed E-state index contributed by atoms with van der Waals surface area (Å²) in [5, 5.41) is 0. The second-order valence-corrected chi connectivity index (χ2v) is 24.4. The molecule has 0 fully saturated rings. The third-order valence-corrected chi connectivity index (χ3v) is 23.7. The first-order valence-corrected chi connectivity index (χ1v) is 17.7. The zero-order chi connectivity index (χ0) is 23.4. The molecule has 0 N–H and O–H groups in total. The lowest BCUT2D eigenvalue weighted by molar-refractivity contribution is 0.0487. The van der Waals surface area contributed by atoms with Crippen LogP contribution in [0.1, 0.15) is 110 Å². The van der Waals surface area contributed by atoms with Crippen molar-refractivity contribution in [1.29, 1.82) is 0 Å². The van der Waals surface area contributed by atoms with Crippen LogP contribution in [0.3, 0.4) is 0 Å². The van der Waals surface area contributed by atoms with Crippen molar-refractivity contribution >= 4 is 31.8 Å². The van der Waals surface area contributed by atoms with Crippen molar-refractivity contribution in [3.05, 3.63) is 0 Å². The summed E-state index contributed by atoms with van der Waals surface area (Å²) in [6, 6.07) is 0. The van der Waals surface area contributed by atoms with E-state index in [0.717, 1.165) is 6.42 Å². The van der Waals surface area contributed by atoms with Crippen molar-refractivity contribution in [2.24, 2.45) is 0 Å². The zero-order valence-corrected chi connectivity index (χ0v) is 25.6. The summed E-state index contributed by atoms with van der Waals surface area (Å²) in [5.41, 5.74) is 2.97. The van der Waals surface area contributed by atoms with Gasteiger partial charge in [0.05, 0.1) is 0 Å². The monoisotopic (exact) mass is 460 g/mol. The predicted molar refractivity (Wildman–Crippen MR) is 135 cm³/mol. The molecule has 0 aromatic heterocycles. The maximum atomic E-state index is 7.23. The van der Waals surface area contributed by atoms with E-state index in [0.29, 0.717) is 33.2 Å². The van der Waals surface area contributed by atoms with Crippen molar-refractivity contribution in [1.82, 2.24) is 0 Å². The normalized spacial score (nSPS) is 14.4. The van der Waals surface area contributed by atoms with E-state index in [2.05, 4.69) is 104 Å². The molecule has 174 valence electrons. The average Bonchev–Trinajstić information content (AvgIpc) is 2.54. The van der Waals surface area contributed by atoms with Crippen molar-refractivity contribution in [2.45, 2.75) is 149 Å². The average molecular weight is 461 g/mol. The summed E-state index contributed by atoms with van der Waals surface area (Å²) in [6.07, 6.45) is 0.961. The molecule has 29 heavy (non-hydrogen) atoms. The van der Waals surface area contributed by atoms with Gasteiger partial charge >= 0.3 is 15.1 Å². The highest BCUT2D eigenvalue weighted by molar-refractivity contribution is 6.85. The zero-order valence-electron chi connectivity index (χ0n) is 22.5. The molecule has 0 aliphatic rings. The molecular weight excluding hydrogens is 407 g/mol. The Kier molecular flexibility index (Phi) is 12.0. The van der Waals surface area contributed by atoms with E-state index < -0.39 is 31.8 Å². The second kappa shape index (κ2) is 11.6. The minimum atomic E-state index is -2.34. The number of rotatable bonds is 13. The van der Waals surface area contributed by atoms with Gasteiger partial charge in [0.15, 0.2) is 16.6 Å². The van der Waals surface area contributed by atoms with Crippen LogP contribution in [0.2, 0.25) is 33.2 Å². The van der Waals surface area contributed by atoms with E-state index >= 15 is 0 Å². The molecule has 0 aromatic rings. The molecule has 0 unspecified atom stereocenters. The summed E-state index contributed by atoms with van der Waals surface area (Å²) in [5.74, 6) is 0. The molecule has 0 spiro atoms. The maximum Gasteiger partial charge on any atom is 0.883 e. The van der Waals surface area contributed by atoms with Gasteiger partial charge in [0.1, 0.15) is 0 Å². The van der Waals surface area contributed by atoms with Crippen molar-refractivity contribution < 1.29 is 10.7 Å². The minimum Gasteiger partial charge on any atom is -0.498 e. The molecule has 0 aliphatic carbocycles. The molecule has 0 atom stereocenters. The lowest BCUT2D eigenvalue weighted by atomic mass is 10.1. The molecule has 0 saturated heterocycles. The highest BCUT2D eigenvalue weighted by atomic mass is 28.4. The molecule has 0 bridgehead atoms. The second-order valence-electron chi connectivity index (χ2n) is 11.4. The molecule has 0 amide bonds. The van der Waals surface area contributed by atoms with Crippen molar-refractivity contribution in [2.75, 3.05) is 0 Å². The Labute approximate surface area is 191 Å². The first kappa shape index (κ1) is 29.8. The quantitative estimate of drug-likeness (QED) is 0.258. The van der Waals surface area contributed by atoms with Gasteiger partial charge in [-0.05, 0) is 53.5 Å². The summed E-state index contributed by atoms with van der Waals surface area (Å²) in [4.78, 5) is 0. The fraction of sp³-hybridized carbons (Fsp3) is 1.00. The Morgan fingerprint density at radius 2 is 0.828 bits per heavy atom. The van der Waals surface area contributed by atoms with Gasteiger partial charge in [-0.3, -0.25) is 0 Å². The first-order valence-electron chi connectivity index (χ1n) is 12.0. The van der Waals surface area contributed by atoms with Gasteiger partial charge in [0.2, 0.25) is 0 Å². The largest absolute Gasteiger partial charge is 0.883 e. The van der Waals surface area contributed by atoms with Gasteiger partial charge in [-0.15, -0.1) is 0 Å². The van der Waals surface area contributed by atoms with E-state index in [9.17, 15) is 0 Å². The predicted octanol–water partition coefficient (Wildman–Crippen LogP) is 8.56. The fourth-order valence-electron chi connectivity index (χ4n) is 5.57. The minimum absolute atomic E-state index is 0.215. The van der Waals surface area contributed by atoms with Gasteiger partial charge in [-0.25, -0.2) is 0 Å². The topological polar surface area (TPSA) is 27.7 Å². The molecule has 0 radical (unpaired) electrons. The molecule has 0 rings (SSSR count). The van der Waals surface area contributed by atoms with Gasteiger partial charge in [-0.2, -0.15) is 0 Å². The Hall–Kier alpha value is 0.846. The van der Waals surface area contributed by atoms with Gasteiger partial charge < -0.3 is 10.7 Å². The summed E-state index contributed by atoms with van der Waals surface area (Å²) in [6.45, 7) is 34.7. The van der Waals surface area contributed by atoms with Crippen LogP contribution in [-0.2, 0) is 10.7 Å². The summed E-state index contributed by atoms with van der Waals surface area (Å²) >= 11 is -2.34. The summed E-state index contributed by atoms with van der Waals surface area (Å²) in [7, 11) is -4.15. The van der Waals surface area contributed by atoms with Crippen molar-refractivity contribution in [3.63, 3.8) is 0 Å². The molecule has 6 heteroatoms. The van der Waals surface area contributed by atoms with E-state index in [1.807, 2.05) is 0 Å². The Balaban J connectivity index is 6.37. The highest BCUT2D eigenvalue weighted by Gasteiger charge is 2.56. The summed E-state index contributed by atoms with van der Waals surface area (Å²) < 4.78 is 21.2. The number of hydrogen-bond donors (Lipinski definition) is 0. The Morgan fingerprint density at radius 3 is 1.00 bits per heavy atom. The van der Waals surface area contributed by atoms with Crippen LogP contribution in [0.4, 0.5) is 0 Å². The third kappa shape index (κ3) is 6.91. The molecule has 0 saturated carbocycles.